The van der Waals surface area contributed by atoms with Gasteiger partial charge in [-0.2, -0.15) is 0 Å². The predicted molar refractivity (Wildman–Crippen MR) is 64.7 cm³/mol. The van der Waals surface area contributed by atoms with E-state index >= 15 is 0 Å². The number of aliphatic imine (C=N–C) groups is 1. The van der Waals surface area contributed by atoms with Crippen LogP contribution in [0, 0.1) is 0 Å². The van der Waals surface area contributed by atoms with E-state index in [-0.39, 0.29) is 24.6 Å². The van der Waals surface area contributed by atoms with E-state index < -0.39 is 18.8 Å². The van der Waals surface area contributed by atoms with E-state index in [0.717, 1.165) is 0 Å². The third-order valence-corrected chi connectivity index (χ3v) is 2.19. The van der Waals surface area contributed by atoms with E-state index in [4.69, 9.17) is 20.7 Å². The largest absolute Gasteiger partial charge is 0.394 e. The van der Waals surface area contributed by atoms with Crippen molar-refractivity contribution in [1.82, 2.24) is 5.32 Å². The lowest BCUT2D eigenvalue weighted by molar-refractivity contribution is -0.108. The van der Waals surface area contributed by atoms with E-state index in [1.165, 1.54) is 13.3 Å². The molecule has 6 N–H and O–H groups in total. The van der Waals surface area contributed by atoms with Crippen LogP contribution in [0.4, 0.5) is 0 Å². The average molecular weight is 261 g/mol. The molecule has 0 radical (unpaired) electrons. The quantitative estimate of drug-likeness (QED) is 0.174. The number of rotatable bonds is 9. The second-order valence-electron chi connectivity index (χ2n) is 3.36. The monoisotopic (exact) mass is 261 g/mol. The van der Waals surface area contributed by atoms with Crippen LogP contribution in [0.2, 0.25) is 0 Å². The summed E-state index contributed by atoms with van der Waals surface area (Å²) in [6.45, 7) is -0.841. The number of carbonyl (C=O) groups is 1. The van der Waals surface area contributed by atoms with Gasteiger partial charge in [-0.15, -0.1) is 0 Å². The molecule has 0 aliphatic rings. The van der Waals surface area contributed by atoms with Crippen LogP contribution in [0.25, 0.3) is 0 Å². The molecule has 0 aromatic heterocycles. The Morgan fingerprint density at radius 3 is 2.67 bits per heavy atom. The summed E-state index contributed by atoms with van der Waals surface area (Å²) in [4.78, 5) is 13.9. The van der Waals surface area contributed by atoms with Gasteiger partial charge in [0.05, 0.1) is 19.8 Å². The highest BCUT2D eigenvalue weighted by molar-refractivity contribution is 5.97. The van der Waals surface area contributed by atoms with Crippen molar-refractivity contribution < 1.29 is 24.9 Å². The number of carbonyl (C=O) groups excluding carboxylic acids is 1. The molecule has 0 fully saturated rings. The van der Waals surface area contributed by atoms with Crippen LogP contribution in [-0.4, -0.2) is 66.6 Å². The van der Waals surface area contributed by atoms with Gasteiger partial charge in [-0.05, 0) is 0 Å². The zero-order valence-corrected chi connectivity index (χ0v) is 10.1. The predicted octanol–water partition coefficient (Wildman–Crippen LogP) is -2.67. The summed E-state index contributed by atoms with van der Waals surface area (Å²) < 4.78 is 4.81. The lowest BCUT2D eigenvalue weighted by Gasteiger charge is -2.17. The number of hydrogen-bond acceptors (Lipinski definition) is 6. The second kappa shape index (κ2) is 9.54. The smallest absolute Gasteiger partial charge is 0.211 e. The second-order valence-corrected chi connectivity index (χ2v) is 3.36. The number of amides is 1. The van der Waals surface area contributed by atoms with Crippen molar-refractivity contribution in [3.8, 4) is 0 Å². The standard InChI is InChI=1S/C10H19N3O5/c1-18-9(5-15)8(17)3-13-10(11)7(4-14)2-12-6-16/h2,6,8-9,14-15,17H,3-5H2,1H3,(H2,11,13)(H,12,16)/b7-2-. The van der Waals surface area contributed by atoms with Crippen LogP contribution in [0.1, 0.15) is 0 Å². The Morgan fingerprint density at radius 1 is 1.56 bits per heavy atom. The van der Waals surface area contributed by atoms with E-state index in [1.54, 1.807) is 0 Å². The van der Waals surface area contributed by atoms with E-state index in [0.29, 0.717) is 6.41 Å². The van der Waals surface area contributed by atoms with Crippen molar-refractivity contribution in [1.29, 1.82) is 0 Å². The fourth-order valence-electron chi connectivity index (χ4n) is 1.10. The van der Waals surface area contributed by atoms with Gasteiger partial charge in [0.2, 0.25) is 6.41 Å². The molecule has 1 amide bonds. The number of aliphatic hydroxyl groups is 3. The fraction of sp³-hybridized carbons (Fsp3) is 0.600. The van der Waals surface area contributed by atoms with Crippen molar-refractivity contribution >= 4 is 12.2 Å². The summed E-state index contributed by atoms with van der Waals surface area (Å²) in [5.41, 5.74) is 5.77. The molecule has 8 heteroatoms. The zero-order valence-electron chi connectivity index (χ0n) is 10.1. The molecular formula is C10H19N3O5. The topological polar surface area (TPSA) is 137 Å². The van der Waals surface area contributed by atoms with E-state index in [1.807, 2.05) is 0 Å². The van der Waals surface area contributed by atoms with Gasteiger partial charge in [-0.25, -0.2) is 0 Å². The van der Waals surface area contributed by atoms with Crippen LogP contribution in [0.5, 0.6) is 0 Å². The number of nitrogens with zero attached hydrogens (tertiary/aromatic N) is 1. The molecule has 2 atom stereocenters. The maximum absolute atomic E-state index is 10.1. The maximum atomic E-state index is 10.1. The van der Waals surface area contributed by atoms with E-state index in [9.17, 15) is 9.90 Å². The van der Waals surface area contributed by atoms with Gasteiger partial charge < -0.3 is 31.1 Å². The van der Waals surface area contributed by atoms with Crippen LogP contribution in [0.3, 0.4) is 0 Å². The van der Waals surface area contributed by atoms with Gasteiger partial charge >= 0.3 is 0 Å². The number of nitrogens with one attached hydrogen (secondary N) is 1. The highest BCUT2D eigenvalue weighted by atomic mass is 16.5. The van der Waals surface area contributed by atoms with Crippen LogP contribution in [-0.2, 0) is 9.53 Å². The molecule has 0 aromatic rings. The van der Waals surface area contributed by atoms with Crippen LogP contribution >= 0.6 is 0 Å². The van der Waals surface area contributed by atoms with Gasteiger partial charge in [-0.3, -0.25) is 9.79 Å². The molecule has 0 spiro atoms. The minimum Gasteiger partial charge on any atom is -0.394 e. The molecule has 0 heterocycles. The van der Waals surface area contributed by atoms with Crippen LogP contribution in [0.15, 0.2) is 16.8 Å². The molecule has 0 saturated heterocycles. The highest BCUT2D eigenvalue weighted by Crippen LogP contribution is 1.99. The Hall–Kier alpha value is -1.48. The van der Waals surface area contributed by atoms with Crippen molar-refractivity contribution in [3.63, 3.8) is 0 Å². The minimum atomic E-state index is -1.02. The normalized spacial score (nSPS) is 16.2. The molecule has 104 valence electrons. The Morgan fingerprint density at radius 2 is 2.22 bits per heavy atom. The molecule has 0 saturated carbocycles. The maximum Gasteiger partial charge on any atom is 0.211 e. The van der Waals surface area contributed by atoms with E-state index in [2.05, 4.69) is 10.3 Å². The van der Waals surface area contributed by atoms with Crippen molar-refractivity contribution in [2.45, 2.75) is 12.2 Å². The van der Waals surface area contributed by atoms with Crippen molar-refractivity contribution in [2.75, 3.05) is 26.9 Å². The number of nitrogens with two attached hydrogens (primary N) is 1. The SMILES string of the molecule is COC(CO)C(O)C/N=C(N)\C(=C/NC=O)CO. The molecule has 0 aliphatic heterocycles. The molecular weight excluding hydrogens is 242 g/mol. The highest BCUT2D eigenvalue weighted by Gasteiger charge is 2.17. The summed E-state index contributed by atoms with van der Waals surface area (Å²) >= 11 is 0. The average Bonchev–Trinajstić information content (AvgIpc) is 2.38. The summed E-state index contributed by atoms with van der Waals surface area (Å²) in [6.07, 6.45) is -0.142. The summed E-state index contributed by atoms with van der Waals surface area (Å²) in [5, 5.41) is 29.7. The lowest BCUT2D eigenvalue weighted by Crippen LogP contribution is -2.34. The number of ether oxygens (including phenoxy) is 1. The molecule has 2 unspecified atom stereocenters. The Kier molecular flexibility index (Phi) is 8.76. The van der Waals surface area contributed by atoms with Gasteiger partial charge in [0, 0.05) is 18.9 Å². The fourth-order valence-corrected chi connectivity index (χ4v) is 1.10. The Balaban J connectivity index is 4.52. The van der Waals surface area contributed by atoms with Gasteiger partial charge in [0.15, 0.2) is 0 Å². The first-order valence-electron chi connectivity index (χ1n) is 5.22. The zero-order chi connectivity index (χ0) is 14.0. The molecule has 18 heavy (non-hydrogen) atoms. The Bertz CT molecular complexity index is 302. The third kappa shape index (κ3) is 5.73. The van der Waals surface area contributed by atoms with Crippen LogP contribution < -0.4 is 11.1 Å². The van der Waals surface area contributed by atoms with Gasteiger partial charge in [0.1, 0.15) is 18.0 Å². The number of methoxy groups -OCH3 is 1. The van der Waals surface area contributed by atoms with Crippen molar-refractivity contribution in [3.05, 3.63) is 11.8 Å². The number of amidine groups is 1. The third-order valence-electron chi connectivity index (χ3n) is 2.19. The summed E-state index contributed by atoms with van der Waals surface area (Å²) in [6, 6.07) is 0. The van der Waals surface area contributed by atoms with Crippen molar-refractivity contribution in [2.24, 2.45) is 10.7 Å². The molecule has 0 aromatic carbocycles. The van der Waals surface area contributed by atoms with Gasteiger partial charge in [-0.1, -0.05) is 0 Å². The Labute approximate surface area is 105 Å². The summed E-state index contributed by atoms with van der Waals surface area (Å²) in [7, 11) is 1.35. The first-order chi connectivity index (χ1) is 8.60. The molecule has 0 rings (SSSR count). The lowest BCUT2D eigenvalue weighted by atomic mass is 10.2. The first kappa shape index (κ1) is 16.5. The molecule has 0 bridgehead atoms. The van der Waals surface area contributed by atoms with Gasteiger partial charge in [0.25, 0.3) is 0 Å². The molecule has 8 nitrogen and oxygen atoms in total. The first-order valence-corrected chi connectivity index (χ1v) is 5.22. The minimum absolute atomic E-state index is 0.0151. The summed E-state index contributed by atoms with van der Waals surface area (Å²) in [5.74, 6) is -0.0151. The number of aliphatic hydroxyl groups excluding tert-OH is 3. The number of hydrogen-bond donors (Lipinski definition) is 5. The molecule has 0 aliphatic carbocycles.